The van der Waals surface area contributed by atoms with Crippen molar-refractivity contribution in [3.63, 3.8) is 0 Å². The number of carbonyl (C=O) groups excluding carboxylic acids is 2. The Morgan fingerprint density at radius 2 is 1.43 bits per heavy atom. The Balaban J connectivity index is 1.65. The Labute approximate surface area is 178 Å². The molecule has 0 aliphatic heterocycles. The maximum Gasteiger partial charge on any atom is 0.268 e. The molecule has 0 saturated carbocycles. The highest BCUT2D eigenvalue weighted by molar-refractivity contribution is 7.17. The first-order valence-electron chi connectivity index (χ1n) is 9.40. The van der Waals surface area contributed by atoms with Crippen LogP contribution in [0.3, 0.4) is 0 Å². The molecule has 0 unspecified atom stereocenters. The Morgan fingerprint density at radius 1 is 0.833 bits per heavy atom. The predicted molar refractivity (Wildman–Crippen MR) is 120 cm³/mol. The molecular formula is C24H19N3O2S. The Bertz CT molecular complexity index is 1170. The molecule has 4 rings (SSSR count). The first kappa shape index (κ1) is 19.5. The second-order valence-electron chi connectivity index (χ2n) is 6.72. The van der Waals surface area contributed by atoms with Crippen LogP contribution in [0.5, 0.6) is 0 Å². The van der Waals surface area contributed by atoms with Gasteiger partial charge >= 0.3 is 0 Å². The van der Waals surface area contributed by atoms with Crippen LogP contribution < -0.4 is 11.1 Å². The van der Waals surface area contributed by atoms with E-state index >= 15 is 0 Å². The van der Waals surface area contributed by atoms with E-state index in [0.717, 1.165) is 21.7 Å². The van der Waals surface area contributed by atoms with Gasteiger partial charge in [0, 0.05) is 16.8 Å². The first-order chi connectivity index (χ1) is 14.6. The molecule has 1 heterocycles. The van der Waals surface area contributed by atoms with Crippen molar-refractivity contribution < 1.29 is 9.59 Å². The molecule has 3 aromatic carbocycles. The maximum absolute atomic E-state index is 13.1. The monoisotopic (exact) mass is 413 g/mol. The number of aromatic nitrogens is 1. The van der Waals surface area contributed by atoms with Crippen molar-refractivity contribution in [2.24, 2.45) is 5.73 Å². The fraction of sp³-hybridized carbons (Fsp3) is 0.0417. The molecule has 0 fully saturated rings. The van der Waals surface area contributed by atoms with Crippen LogP contribution in [0, 0.1) is 0 Å². The minimum atomic E-state index is -0.391. The molecule has 4 aromatic rings. The van der Waals surface area contributed by atoms with Gasteiger partial charge in [0.25, 0.3) is 5.91 Å². The smallest absolute Gasteiger partial charge is 0.268 e. The number of thiazole rings is 1. The highest BCUT2D eigenvalue weighted by atomic mass is 32.1. The van der Waals surface area contributed by atoms with Crippen molar-refractivity contribution in [3.8, 4) is 21.8 Å². The lowest BCUT2D eigenvalue weighted by Crippen LogP contribution is -2.14. The van der Waals surface area contributed by atoms with E-state index in [1.807, 2.05) is 60.7 Å². The van der Waals surface area contributed by atoms with E-state index in [0.29, 0.717) is 16.3 Å². The van der Waals surface area contributed by atoms with Crippen LogP contribution in [0.1, 0.15) is 15.2 Å². The largest absolute Gasteiger partial charge is 0.369 e. The molecule has 0 saturated heterocycles. The number of nitrogens with two attached hydrogens (primary N) is 1. The Morgan fingerprint density at radius 3 is 2.03 bits per heavy atom. The third kappa shape index (κ3) is 4.45. The molecule has 30 heavy (non-hydrogen) atoms. The van der Waals surface area contributed by atoms with E-state index in [1.165, 1.54) is 11.3 Å². The van der Waals surface area contributed by atoms with Gasteiger partial charge < -0.3 is 11.1 Å². The zero-order chi connectivity index (χ0) is 20.9. The van der Waals surface area contributed by atoms with Crippen molar-refractivity contribution >= 4 is 28.8 Å². The average molecular weight is 414 g/mol. The summed E-state index contributed by atoms with van der Waals surface area (Å²) in [6, 6.07) is 26.6. The maximum atomic E-state index is 13.1. The number of hydrogen-bond acceptors (Lipinski definition) is 4. The van der Waals surface area contributed by atoms with Gasteiger partial charge in [0.05, 0.1) is 12.1 Å². The summed E-state index contributed by atoms with van der Waals surface area (Å²) in [6.45, 7) is 0. The summed E-state index contributed by atoms with van der Waals surface area (Å²) in [6.07, 6.45) is 0.168. The van der Waals surface area contributed by atoms with Crippen LogP contribution in [0.2, 0.25) is 0 Å². The highest BCUT2D eigenvalue weighted by Crippen LogP contribution is 2.34. The Hall–Kier alpha value is -3.77. The van der Waals surface area contributed by atoms with Gasteiger partial charge in [-0.1, -0.05) is 72.8 Å². The van der Waals surface area contributed by atoms with Gasteiger partial charge in [-0.15, -0.1) is 11.3 Å². The molecule has 0 radical (unpaired) electrons. The highest BCUT2D eigenvalue weighted by Gasteiger charge is 2.20. The van der Waals surface area contributed by atoms with Crippen LogP contribution in [0.25, 0.3) is 21.8 Å². The number of amides is 2. The molecular weight excluding hydrogens is 394 g/mol. The number of benzene rings is 3. The molecule has 0 atom stereocenters. The van der Waals surface area contributed by atoms with E-state index in [-0.39, 0.29) is 12.3 Å². The van der Waals surface area contributed by atoms with Crippen molar-refractivity contribution in [1.29, 1.82) is 0 Å². The minimum Gasteiger partial charge on any atom is -0.369 e. The van der Waals surface area contributed by atoms with Gasteiger partial charge in [-0.25, -0.2) is 4.98 Å². The van der Waals surface area contributed by atoms with Gasteiger partial charge in [-0.2, -0.15) is 0 Å². The third-order valence-corrected chi connectivity index (χ3v) is 5.59. The van der Waals surface area contributed by atoms with Crippen molar-refractivity contribution in [3.05, 3.63) is 95.4 Å². The number of hydrogen-bond donors (Lipinski definition) is 2. The number of primary amides is 1. The molecule has 0 bridgehead atoms. The molecule has 1 aromatic heterocycles. The SMILES string of the molecule is NC(=O)Cc1ccc(NC(=O)c2sc(-c3ccccc3)nc2-c2ccccc2)cc1. The summed E-state index contributed by atoms with van der Waals surface area (Å²) in [4.78, 5) is 29.5. The van der Waals surface area contributed by atoms with E-state index in [9.17, 15) is 9.59 Å². The second kappa shape index (κ2) is 8.71. The predicted octanol–water partition coefficient (Wildman–Crippen LogP) is 4.76. The molecule has 0 spiro atoms. The number of nitrogens with zero attached hydrogens (tertiary/aromatic N) is 1. The lowest BCUT2D eigenvalue weighted by Gasteiger charge is -2.06. The number of anilines is 1. The number of carbonyl (C=O) groups is 2. The zero-order valence-electron chi connectivity index (χ0n) is 16.0. The van der Waals surface area contributed by atoms with Crippen molar-refractivity contribution in [2.75, 3.05) is 5.32 Å². The standard InChI is InChI=1S/C24H19N3O2S/c25-20(28)15-16-11-13-19(14-12-16)26-23(29)22-21(17-7-3-1-4-8-17)27-24(30-22)18-9-5-2-6-10-18/h1-14H,15H2,(H2,25,28)(H,26,29). The van der Waals surface area contributed by atoms with Gasteiger partial charge in [0.15, 0.2) is 0 Å². The zero-order valence-corrected chi connectivity index (χ0v) is 16.9. The van der Waals surface area contributed by atoms with Gasteiger partial charge in [-0.3, -0.25) is 9.59 Å². The van der Waals surface area contributed by atoms with Crippen LogP contribution in [0.4, 0.5) is 5.69 Å². The van der Waals surface area contributed by atoms with Crippen LogP contribution >= 0.6 is 11.3 Å². The van der Waals surface area contributed by atoms with E-state index in [4.69, 9.17) is 10.7 Å². The summed E-state index contributed by atoms with van der Waals surface area (Å²) in [5, 5.41) is 3.72. The Kier molecular flexibility index (Phi) is 5.68. The summed E-state index contributed by atoms with van der Waals surface area (Å²) in [5.41, 5.74) is 9.18. The number of nitrogens with one attached hydrogen (secondary N) is 1. The fourth-order valence-corrected chi connectivity index (χ4v) is 4.05. The van der Waals surface area contributed by atoms with E-state index in [2.05, 4.69) is 5.32 Å². The second-order valence-corrected chi connectivity index (χ2v) is 7.72. The first-order valence-corrected chi connectivity index (χ1v) is 10.2. The summed E-state index contributed by atoms with van der Waals surface area (Å²) in [7, 11) is 0. The average Bonchev–Trinajstić information content (AvgIpc) is 3.22. The van der Waals surface area contributed by atoms with E-state index < -0.39 is 5.91 Å². The van der Waals surface area contributed by atoms with Crippen LogP contribution in [-0.4, -0.2) is 16.8 Å². The van der Waals surface area contributed by atoms with Crippen LogP contribution in [0.15, 0.2) is 84.9 Å². The van der Waals surface area contributed by atoms with Crippen molar-refractivity contribution in [2.45, 2.75) is 6.42 Å². The quantitative estimate of drug-likeness (QED) is 0.478. The van der Waals surface area contributed by atoms with Gasteiger partial charge in [0.1, 0.15) is 9.88 Å². The molecule has 0 aliphatic carbocycles. The normalized spacial score (nSPS) is 10.5. The third-order valence-electron chi connectivity index (χ3n) is 4.49. The summed E-state index contributed by atoms with van der Waals surface area (Å²) >= 11 is 1.36. The fourth-order valence-electron chi connectivity index (χ4n) is 3.06. The molecule has 2 amide bonds. The van der Waals surface area contributed by atoms with Gasteiger partial charge in [-0.05, 0) is 17.7 Å². The molecule has 3 N–H and O–H groups in total. The lowest BCUT2D eigenvalue weighted by atomic mass is 10.1. The summed E-state index contributed by atoms with van der Waals surface area (Å²) in [5.74, 6) is -0.617. The topological polar surface area (TPSA) is 85.1 Å². The molecule has 148 valence electrons. The van der Waals surface area contributed by atoms with Gasteiger partial charge in [0.2, 0.25) is 5.91 Å². The minimum absolute atomic E-state index is 0.168. The van der Waals surface area contributed by atoms with Crippen LogP contribution in [-0.2, 0) is 11.2 Å². The summed E-state index contributed by atoms with van der Waals surface area (Å²) < 4.78 is 0. The molecule has 5 nitrogen and oxygen atoms in total. The van der Waals surface area contributed by atoms with E-state index in [1.54, 1.807) is 24.3 Å². The molecule has 6 heteroatoms. The number of rotatable bonds is 6. The lowest BCUT2D eigenvalue weighted by molar-refractivity contribution is -0.117. The van der Waals surface area contributed by atoms with Crippen molar-refractivity contribution in [1.82, 2.24) is 4.98 Å². The molecule has 0 aliphatic rings.